The van der Waals surface area contributed by atoms with Gasteiger partial charge in [-0.25, -0.2) is 9.59 Å². The van der Waals surface area contributed by atoms with Gasteiger partial charge in [0.25, 0.3) is 0 Å². The number of carboxylic acid groups (broad SMARTS) is 1. The third-order valence-electron chi connectivity index (χ3n) is 7.12. The second kappa shape index (κ2) is 9.17. The Kier molecular flexibility index (Phi) is 6.63. The number of β-lactam (4-membered cyclic amide) rings is 1. The van der Waals surface area contributed by atoms with Gasteiger partial charge in [-0.2, -0.15) is 0 Å². The molecule has 0 aromatic heterocycles. The summed E-state index contributed by atoms with van der Waals surface area (Å²) in [5.41, 5.74) is -0.977. The molecule has 3 heterocycles. The number of hydrogen-bond acceptors (Lipinski definition) is 8. The highest BCUT2D eigenvalue weighted by Gasteiger charge is 2.66. The van der Waals surface area contributed by atoms with E-state index in [0.29, 0.717) is 11.4 Å². The lowest BCUT2D eigenvalue weighted by Crippen LogP contribution is -2.66. The number of carboxylic acids is 1. The van der Waals surface area contributed by atoms with Crippen LogP contribution in [0.5, 0.6) is 0 Å². The van der Waals surface area contributed by atoms with Crippen LogP contribution in [0.4, 0.5) is 4.79 Å². The third-order valence-corrected chi connectivity index (χ3v) is 8.68. The van der Waals surface area contributed by atoms with Crippen LogP contribution in [0, 0.1) is 11.3 Å². The molecule has 0 aromatic rings. The van der Waals surface area contributed by atoms with Crippen molar-refractivity contribution in [3.05, 3.63) is 10.6 Å². The van der Waals surface area contributed by atoms with Gasteiger partial charge in [-0.05, 0) is 39.0 Å². The SMILES string of the molecule is CC(O)C1C(=O)N2C(C(=O)O)=C(SC3CNC(=O)C3)C(C)(CCOC(=O)OC3CCCC3)[C@@H]12. The lowest BCUT2D eigenvalue weighted by Gasteiger charge is -2.50. The van der Waals surface area contributed by atoms with E-state index in [2.05, 4.69) is 5.32 Å². The summed E-state index contributed by atoms with van der Waals surface area (Å²) < 4.78 is 10.6. The van der Waals surface area contributed by atoms with Crippen LogP contribution in [0.2, 0.25) is 0 Å². The van der Waals surface area contributed by atoms with Gasteiger partial charge in [0.1, 0.15) is 11.8 Å². The summed E-state index contributed by atoms with van der Waals surface area (Å²) in [6, 6.07) is -0.571. The molecule has 10 nitrogen and oxygen atoms in total. The van der Waals surface area contributed by atoms with E-state index < -0.39 is 41.5 Å². The lowest BCUT2D eigenvalue weighted by molar-refractivity contribution is -0.167. The van der Waals surface area contributed by atoms with E-state index in [1.165, 1.54) is 23.6 Å². The highest BCUT2D eigenvalue weighted by Crippen LogP contribution is 2.59. The number of aliphatic carboxylic acids is 1. The predicted molar refractivity (Wildman–Crippen MR) is 117 cm³/mol. The molecular weight excluding hydrogens is 452 g/mol. The Labute approximate surface area is 196 Å². The maximum absolute atomic E-state index is 12.8. The monoisotopic (exact) mass is 482 g/mol. The van der Waals surface area contributed by atoms with Crippen molar-refractivity contribution in [2.75, 3.05) is 13.2 Å². The molecule has 4 aliphatic rings. The second-order valence-electron chi connectivity index (χ2n) is 9.44. The van der Waals surface area contributed by atoms with Crippen LogP contribution in [0.3, 0.4) is 0 Å². The van der Waals surface area contributed by atoms with Gasteiger partial charge < -0.3 is 29.9 Å². The number of fused-ring (bicyclic) bond motifs is 1. The first-order chi connectivity index (χ1) is 15.6. The highest BCUT2D eigenvalue weighted by molar-refractivity contribution is 8.03. The largest absolute Gasteiger partial charge is 0.508 e. The molecule has 1 aliphatic carbocycles. The zero-order valence-electron chi connectivity index (χ0n) is 18.7. The number of thioether (sulfide) groups is 1. The van der Waals surface area contributed by atoms with Crippen LogP contribution < -0.4 is 5.32 Å². The summed E-state index contributed by atoms with van der Waals surface area (Å²) in [6.07, 6.45) is 2.34. The molecule has 0 spiro atoms. The minimum Gasteiger partial charge on any atom is -0.477 e. The molecular formula is C22H30N2O8S. The van der Waals surface area contributed by atoms with Gasteiger partial charge in [0.15, 0.2) is 0 Å². The first kappa shape index (κ1) is 23.9. The molecule has 33 heavy (non-hydrogen) atoms. The smallest absolute Gasteiger partial charge is 0.477 e. The first-order valence-electron chi connectivity index (χ1n) is 11.4. The molecule has 3 aliphatic heterocycles. The van der Waals surface area contributed by atoms with Crippen LogP contribution in [0.15, 0.2) is 10.6 Å². The van der Waals surface area contributed by atoms with Crippen LogP contribution >= 0.6 is 11.8 Å². The van der Waals surface area contributed by atoms with Crippen LogP contribution in [-0.4, -0.2) is 75.7 Å². The molecule has 0 radical (unpaired) electrons. The topological polar surface area (TPSA) is 142 Å². The van der Waals surface area contributed by atoms with Crippen molar-refractivity contribution in [3.63, 3.8) is 0 Å². The first-order valence-corrected chi connectivity index (χ1v) is 12.3. The van der Waals surface area contributed by atoms with Crippen LogP contribution in [-0.2, 0) is 23.9 Å². The standard InChI is InChI=1S/C22H30N2O8S/c1-11(25)15-17-22(2,7-8-31-21(30)32-12-5-3-4-6-12)18(33-13-9-14(26)23-10-13)16(20(28)29)24(17)19(15)27/h11-13,15,17,25H,3-10H2,1-2H3,(H,23,26)(H,28,29)/t11?,13?,15?,17-,22?/m1/s1. The molecule has 5 atom stereocenters. The Morgan fingerprint density at radius 2 is 2.00 bits per heavy atom. The highest BCUT2D eigenvalue weighted by atomic mass is 32.2. The minimum atomic E-state index is -1.23. The quantitative estimate of drug-likeness (QED) is 0.347. The molecule has 3 N–H and O–H groups in total. The van der Waals surface area contributed by atoms with E-state index in [1.54, 1.807) is 0 Å². The van der Waals surface area contributed by atoms with E-state index in [9.17, 15) is 29.4 Å². The van der Waals surface area contributed by atoms with Crippen molar-refractivity contribution < 1.29 is 38.9 Å². The zero-order chi connectivity index (χ0) is 23.9. The van der Waals surface area contributed by atoms with E-state index in [0.717, 1.165) is 25.7 Å². The van der Waals surface area contributed by atoms with Gasteiger partial charge >= 0.3 is 12.1 Å². The van der Waals surface area contributed by atoms with Crippen molar-refractivity contribution in [2.24, 2.45) is 11.3 Å². The Balaban J connectivity index is 1.55. The number of aliphatic hydroxyl groups is 1. The lowest BCUT2D eigenvalue weighted by atomic mass is 9.68. The van der Waals surface area contributed by atoms with E-state index >= 15 is 0 Å². The normalized spacial score (nSPS) is 32.5. The molecule has 2 amide bonds. The minimum absolute atomic E-state index is 0.0219. The summed E-state index contributed by atoms with van der Waals surface area (Å²) in [6.45, 7) is 3.73. The van der Waals surface area contributed by atoms with E-state index in [4.69, 9.17) is 9.47 Å². The maximum atomic E-state index is 12.8. The Hall–Kier alpha value is -2.27. The maximum Gasteiger partial charge on any atom is 0.508 e. The van der Waals surface area contributed by atoms with Gasteiger partial charge in [0.05, 0.1) is 24.7 Å². The molecule has 1 saturated carbocycles. The molecule has 182 valence electrons. The van der Waals surface area contributed by atoms with Crippen molar-refractivity contribution in [3.8, 4) is 0 Å². The molecule has 3 fully saturated rings. The van der Waals surface area contributed by atoms with Crippen molar-refractivity contribution in [1.29, 1.82) is 0 Å². The summed E-state index contributed by atoms with van der Waals surface area (Å²) >= 11 is 1.28. The average molecular weight is 483 g/mol. The number of aliphatic hydroxyl groups excluding tert-OH is 1. The van der Waals surface area contributed by atoms with Crippen molar-refractivity contribution in [1.82, 2.24) is 10.2 Å². The van der Waals surface area contributed by atoms with E-state index in [-0.39, 0.29) is 42.4 Å². The fraction of sp³-hybridized carbons (Fsp3) is 0.727. The number of carbonyl (C=O) groups is 4. The Morgan fingerprint density at radius 1 is 1.30 bits per heavy atom. The van der Waals surface area contributed by atoms with Gasteiger partial charge in [-0.15, -0.1) is 11.8 Å². The number of nitrogens with one attached hydrogen (secondary N) is 1. The Bertz CT molecular complexity index is 884. The Morgan fingerprint density at radius 3 is 2.58 bits per heavy atom. The van der Waals surface area contributed by atoms with Gasteiger partial charge in [0.2, 0.25) is 11.8 Å². The average Bonchev–Trinajstić information content (AvgIpc) is 3.42. The molecule has 0 bridgehead atoms. The predicted octanol–water partition coefficient (Wildman–Crippen LogP) is 1.62. The van der Waals surface area contributed by atoms with Gasteiger partial charge in [-0.3, -0.25) is 9.59 Å². The summed E-state index contributed by atoms with van der Waals surface area (Å²) in [7, 11) is 0. The summed E-state index contributed by atoms with van der Waals surface area (Å²) in [4.78, 5) is 50.6. The summed E-state index contributed by atoms with van der Waals surface area (Å²) in [5, 5.41) is 22.8. The fourth-order valence-corrected chi connectivity index (χ4v) is 6.95. The number of nitrogens with zero attached hydrogens (tertiary/aromatic N) is 1. The van der Waals surface area contributed by atoms with Crippen molar-refractivity contribution in [2.45, 2.75) is 75.9 Å². The summed E-state index contributed by atoms with van der Waals surface area (Å²) in [5.74, 6) is -2.53. The number of amides is 2. The van der Waals surface area contributed by atoms with Gasteiger partial charge in [-0.1, -0.05) is 6.92 Å². The molecule has 11 heteroatoms. The van der Waals surface area contributed by atoms with Crippen LogP contribution in [0.1, 0.15) is 52.4 Å². The molecule has 0 aromatic carbocycles. The van der Waals surface area contributed by atoms with E-state index in [1.807, 2.05) is 6.92 Å². The molecule has 2 saturated heterocycles. The number of ether oxygens (including phenoxy) is 2. The number of hydrogen-bond donors (Lipinski definition) is 3. The fourth-order valence-electron chi connectivity index (χ4n) is 5.43. The third kappa shape index (κ3) is 4.32. The number of carbonyl (C=O) groups excluding carboxylic acids is 3. The number of rotatable bonds is 8. The van der Waals surface area contributed by atoms with Gasteiger partial charge in [0, 0.05) is 28.5 Å². The van der Waals surface area contributed by atoms with Crippen LogP contribution in [0.25, 0.3) is 0 Å². The molecule has 4 unspecified atom stereocenters. The molecule has 4 rings (SSSR count). The van der Waals surface area contributed by atoms with Crippen molar-refractivity contribution >= 4 is 35.7 Å². The second-order valence-corrected chi connectivity index (χ2v) is 10.8. The zero-order valence-corrected chi connectivity index (χ0v) is 19.6.